The van der Waals surface area contributed by atoms with Gasteiger partial charge in [0.25, 0.3) is 0 Å². The molecule has 3 aliphatic rings. The van der Waals surface area contributed by atoms with Crippen LogP contribution in [0.15, 0.2) is 48.7 Å². The lowest BCUT2D eigenvalue weighted by Crippen LogP contribution is -2.63. The second-order valence-electron chi connectivity index (χ2n) is 10.1. The van der Waals surface area contributed by atoms with Crippen molar-refractivity contribution in [3.05, 3.63) is 60.2 Å². The van der Waals surface area contributed by atoms with Crippen LogP contribution < -0.4 is 5.32 Å². The molecular weight excluding hydrogens is 447 g/mol. The minimum absolute atomic E-state index is 0.0531. The predicted molar refractivity (Wildman–Crippen MR) is 130 cm³/mol. The summed E-state index contributed by atoms with van der Waals surface area (Å²) in [5.74, 6) is -0.0274. The Morgan fingerprint density at radius 1 is 1.23 bits per heavy atom. The number of ether oxygens (including phenoxy) is 2. The van der Waals surface area contributed by atoms with Crippen molar-refractivity contribution >= 4 is 18.1 Å². The van der Waals surface area contributed by atoms with Gasteiger partial charge in [-0.1, -0.05) is 43.5 Å². The smallest absolute Gasteiger partial charge is 0.407 e. The Bertz CT molecular complexity index is 1130. The Kier molecular flexibility index (Phi) is 6.34. The topological polar surface area (TPSA) is 77.5 Å². The normalized spacial score (nSPS) is 32.0. The van der Waals surface area contributed by atoms with E-state index in [0.717, 1.165) is 36.1 Å². The highest BCUT2D eigenvalue weighted by Gasteiger charge is 2.64. The van der Waals surface area contributed by atoms with Crippen molar-refractivity contribution in [2.24, 2.45) is 23.7 Å². The molecule has 3 fully saturated rings. The van der Waals surface area contributed by atoms with Crippen LogP contribution >= 0.6 is 0 Å². The molecule has 0 spiro atoms. The van der Waals surface area contributed by atoms with Crippen molar-refractivity contribution in [2.75, 3.05) is 7.11 Å². The number of carbonyl (C=O) groups excluding carboxylic acids is 2. The molecule has 6 nitrogen and oxygen atoms in total. The highest BCUT2D eigenvalue weighted by Crippen LogP contribution is 2.55. The Morgan fingerprint density at radius 3 is 2.80 bits per heavy atom. The van der Waals surface area contributed by atoms with Gasteiger partial charge in [-0.25, -0.2) is 14.0 Å². The summed E-state index contributed by atoms with van der Waals surface area (Å²) in [7, 11) is 1.31. The number of aromatic nitrogens is 1. The van der Waals surface area contributed by atoms with Crippen LogP contribution in [0.5, 0.6) is 0 Å². The Morgan fingerprint density at radius 2 is 2.06 bits per heavy atom. The van der Waals surface area contributed by atoms with Gasteiger partial charge >= 0.3 is 12.1 Å². The van der Waals surface area contributed by atoms with E-state index in [-0.39, 0.29) is 29.7 Å². The number of pyridine rings is 1. The number of carbonyl (C=O) groups is 2. The maximum atomic E-state index is 13.6. The molecule has 184 valence electrons. The lowest BCUT2D eigenvalue weighted by molar-refractivity contribution is -0.147. The molecule has 2 aliphatic carbocycles. The van der Waals surface area contributed by atoms with E-state index in [1.165, 1.54) is 25.7 Å². The molecule has 7 heteroatoms. The second-order valence-corrected chi connectivity index (χ2v) is 10.1. The maximum absolute atomic E-state index is 13.6. The van der Waals surface area contributed by atoms with Crippen molar-refractivity contribution in [1.82, 2.24) is 10.3 Å². The number of nitrogens with zero attached hydrogens (tertiary/aromatic N) is 1. The number of nitrogens with one attached hydrogen (secondary N) is 1. The van der Waals surface area contributed by atoms with Crippen LogP contribution in [-0.2, 0) is 14.3 Å². The van der Waals surface area contributed by atoms with Gasteiger partial charge in [-0.05, 0) is 67.4 Å². The number of fused-ring (bicyclic) bond motifs is 2. The average molecular weight is 479 g/mol. The summed E-state index contributed by atoms with van der Waals surface area (Å²) in [4.78, 5) is 30.0. The molecule has 2 saturated carbocycles. The molecule has 1 aromatic heterocycles. The zero-order valence-electron chi connectivity index (χ0n) is 20.1. The molecule has 1 unspecified atom stereocenters. The Hall–Kier alpha value is -3.22. The predicted octanol–water partition coefficient (Wildman–Crippen LogP) is 5.38. The van der Waals surface area contributed by atoms with Gasteiger partial charge in [-0.15, -0.1) is 0 Å². The quantitative estimate of drug-likeness (QED) is 0.597. The van der Waals surface area contributed by atoms with E-state index in [0.29, 0.717) is 18.3 Å². The molecular formula is C28H31FN2O4. The van der Waals surface area contributed by atoms with E-state index in [4.69, 9.17) is 9.47 Å². The van der Waals surface area contributed by atoms with Crippen LogP contribution in [0.1, 0.15) is 44.7 Å². The average Bonchev–Trinajstić information content (AvgIpc) is 3.10. The SMILES string of the molecule is COC(=O)N[C@@]12C[C@@H]3CCCC[C@H]3C(/C=C/c3ccc(-c4cccc(F)c4)cn3)[C@@H]1[C@@H](C)OC2=O. The van der Waals surface area contributed by atoms with Crippen molar-refractivity contribution in [1.29, 1.82) is 0 Å². The summed E-state index contributed by atoms with van der Waals surface area (Å²) in [6.07, 6.45) is 9.99. The highest BCUT2D eigenvalue weighted by atomic mass is 19.1. The minimum atomic E-state index is -1.07. The molecule has 1 aromatic carbocycles. The number of hydrogen-bond donors (Lipinski definition) is 1. The van der Waals surface area contributed by atoms with Crippen LogP contribution in [-0.4, -0.2) is 35.8 Å². The first-order chi connectivity index (χ1) is 16.9. The first kappa shape index (κ1) is 23.5. The highest BCUT2D eigenvalue weighted by molar-refractivity contribution is 5.88. The fraction of sp³-hybridized carbons (Fsp3) is 0.464. The molecule has 1 aliphatic heterocycles. The number of hydrogen-bond acceptors (Lipinski definition) is 5. The number of cyclic esters (lactones) is 1. The number of amides is 1. The molecule has 1 amide bonds. The van der Waals surface area contributed by atoms with Gasteiger partial charge in [0.1, 0.15) is 17.5 Å². The molecule has 0 radical (unpaired) electrons. The molecule has 5 rings (SSSR count). The molecule has 6 atom stereocenters. The van der Waals surface area contributed by atoms with Crippen molar-refractivity contribution in [3.8, 4) is 11.1 Å². The van der Waals surface area contributed by atoms with Gasteiger partial charge in [0, 0.05) is 17.7 Å². The van der Waals surface area contributed by atoms with Crippen molar-refractivity contribution in [3.63, 3.8) is 0 Å². The van der Waals surface area contributed by atoms with E-state index in [1.807, 2.05) is 31.2 Å². The number of halogens is 1. The minimum Gasteiger partial charge on any atom is -0.460 e. The summed E-state index contributed by atoms with van der Waals surface area (Å²) in [6.45, 7) is 1.92. The zero-order valence-corrected chi connectivity index (χ0v) is 20.1. The van der Waals surface area contributed by atoms with Crippen LogP contribution in [0.3, 0.4) is 0 Å². The fourth-order valence-electron chi connectivity index (χ4n) is 6.65. The molecule has 2 aromatic rings. The van der Waals surface area contributed by atoms with Gasteiger partial charge in [-0.2, -0.15) is 0 Å². The molecule has 0 bridgehead atoms. The van der Waals surface area contributed by atoms with Crippen LogP contribution in [0.4, 0.5) is 9.18 Å². The Labute approximate surface area is 204 Å². The van der Waals surface area contributed by atoms with Crippen LogP contribution in [0.2, 0.25) is 0 Å². The summed E-state index contributed by atoms with van der Waals surface area (Å²) in [6, 6.07) is 10.3. The van der Waals surface area contributed by atoms with Gasteiger partial charge in [0.15, 0.2) is 0 Å². The summed E-state index contributed by atoms with van der Waals surface area (Å²) in [5, 5.41) is 2.90. The third kappa shape index (κ3) is 4.32. The van der Waals surface area contributed by atoms with Crippen LogP contribution in [0.25, 0.3) is 17.2 Å². The third-order valence-corrected chi connectivity index (χ3v) is 8.14. The van der Waals surface area contributed by atoms with E-state index in [9.17, 15) is 14.0 Å². The van der Waals surface area contributed by atoms with Gasteiger partial charge in [0.2, 0.25) is 0 Å². The number of benzene rings is 1. The molecule has 1 N–H and O–H groups in total. The zero-order chi connectivity index (χ0) is 24.6. The number of rotatable bonds is 4. The fourth-order valence-corrected chi connectivity index (χ4v) is 6.65. The lowest BCUT2D eigenvalue weighted by Gasteiger charge is -2.50. The molecule has 35 heavy (non-hydrogen) atoms. The van der Waals surface area contributed by atoms with Crippen LogP contribution in [0, 0.1) is 29.5 Å². The first-order valence-electron chi connectivity index (χ1n) is 12.4. The number of methoxy groups -OCH3 is 1. The summed E-state index contributed by atoms with van der Waals surface area (Å²) >= 11 is 0. The summed E-state index contributed by atoms with van der Waals surface area (Å²) in [5.41, 5.74) is 1.33. The largest absolute Gasteiger partial charge is 0.460 e. The van der Waals surface area contributed by atoms with E-state index < -0.39 is 11.6 Å². The lowest BCUT2D eigenvalue weighted by atomic mass is 9.54. The summed E-state index contributed by atoms with van der Waals surface area (Å²) < 4.78 is 24.2. The number of esters is 1. The molecule has 2 heterocycles. The van der Waals surface area contributed by atoms with E-state index in [2.05, 4.69) is 16.4 Å². The Balaban J connectivity index is 1.45. The third-order valence-electron chi connectivity index (χ3n) is 8.14. The van der Waals surface area contributed by atoms with E-state index >= 15 is 0 Å². The second kappa shape index (κ2) is 9.44. The van der Waals surface area contributed by atoms with Gasteiger partial charge in [0.05, 0.1) is 12.8 Å². The monoisotopic (exact) mass is 478 g/mol. The van der Waals surface area contributed by atoms with Gasteiger partial charge in [-0.3, -0.25) is 4.98 Å². The standard InChI is InChI=1S/C28H31FN2O4/c1-17-25-24(13-12-22-11-10-20(16-30-22)18-7-5-8-21(29)14-18)23-9-4-3-6-19(23)15-28(25,26(32)35-17)31-27(33)34-2/h5,7-8,10-14,16-17,19,23-25H,3-4,6,9,15H2,1-2H3,(H,31,33)/b13-12+/t17-,19+,23-,24?,25+,28+/m1/s1. The van der Waals surface area contributed by atoms with Crippen molar-refractivity contribution < 1.29 is 23.5 Å². The number of alkyl carbamates (subject to hydrolysis) is 1. The maximum Gasteiger partial charge on any atom is 0.407 e. The first-order valence-corrected chi connectivity index (χ1v) is 12.4. The molecule has 1 saturated heterocycles. The van der Waals surface area contributed by atoms with E-state index in [1.54, 1.807) is 12.3 Å². The van der Waals surface area contributed by atoms with Crippen molar-refractivity contribution in [2.45, 2.75) is 50.7 Å². The number of allylic oxidation sites excluding steroid dienone is 1. The van der Waals surface area contributed by atoms with Gasteiger partial charge < -0.3 is 14.8 Å².